The molecule has 1 aliphatic heterocycles. The topological polar surface area (TPSA) is 56.2 Å². The number of nitrogens with one attached hydrogen (secondary N) is 1. The van der Waals surface area contributed by atoms with Gasteiger partial charge in [0.15, 0.2) is 0 Å². The van der Waals surface area contributed by atoms with Crippen LogP contribution in [0, 0.1) is 5.92 Å². The summed E-state index contributed by atoms with van der Waals surface area (Å²) in [5.41, 5.74) is 2.05. The van der Waals surface area contributed by atoms with Crippen LogP contribution in [0.25, 0.3) is 11.0 Å². The summed E-state index contributed by atoms with van der Waals surface area (Å²) in [5, 5.41) is 3.90. The molecule has 6 heteroatoms. The number of carbonyl (C=O) groups excluding carboxylic acids is 1. The fraction of sp³-hybridized carbons (Fsp3) is 0.556. The van der Waals surface area contributed by atoms with Crippen LogP contribution in [0.5, 0.6) is 0 Å². The summed E-state index contributed by atoms with van der Waals surface area (Å²) in [4.78, 5) is 16.6. The number of amides is 1. The van der Waals surface area contributed by atoms with E-state index in [1.165, 1.54) is 0 Å². The monoisotopic (exact) mass is 347 g/mol. The Morgan fingerprint density at radius 3 is 3.12 bits per heavy atom. The van der Waals surface area contributed by atoms with Crippen molar-refractivity contribution in [1.29, 1.82) is 0 Å². The van der Waals surface area contributed by atoms with Crippen molar-refractivity contribution in [1.82, 2.24) is 14.9 Å². The molecule has 2 aliphatic rings. The number of fused-ring (bicyclic) bond motifs is 1. The van der Waals surface area contributed by atoms with Crippen LogP contribution in [0.3, 0.4) is 0 Å². The molecule has 0 bridgehead atoms. The van der Waals surface area contributed by atoms with E-state index in [1.807, 2.05) is 24.5 Å². The van der Waals surface area contributed by atoms with Crippen LogP contribution in [-0.4, -0.2) is 34.2 Å². The van der Waals surface area contributed by atoms with Gasteiger partial charge in [-0.05, 0) is 56.2 Å². The standard InChI is InChI=1S/C18H22ClN3O2/c19-13-4-6-15-16(9-13)22(11-20-15)10-12-3-5-14(8-12)21-18(23)17-2-1-7-24-17/h4,6,9,11-12,14,17H,1-3,5,7-8,10H2,(H,21,23)/t12-,14+,17+/m1/s1. The zero-order valence-electron chi connectivity index (χ0n) is 13.6. The molecular weight excluding hydrogens is 326 g/mol. The van der Waals surface area contributed by atoms with Crippen molar-refractivity contribution in [3.8, 4) is 0 Å². The maximum atomic E-state index is 12.2. The number of carbonyl (C=O) groups is 1. The van der Waals surface area contributed by atoms with Crippen molar-refractivity contribution in [2.75, 3.05) is 6.61 Å². The van der Waals surface area contributed by atoms with Gasteiger partial charge in [-0.3, -0.25) is 4.79 Å². The zero-order chi connectivity index (χ0) is 16.5. The molecule has 1 saturated heterocycles. The molecule has 3 atom stereocenters. The second kappa shape index (κ2) is 6.73. The molecule has 5 nitrogen and oxygen atoms in total. The first-order valence-corrected chi connectivity index (χ1v) is 9.09. The van der Waals surface area contributed by atoms with Gasteiger partial charge in [0.25, 0.3) is 0 Å². The Kier molecular flexibility index (Phi) is 4.46. The van der Waals surface area contributed by atoms with Gasteiger partial charge in [0.05, 0.1) is 17.4 Å². The summed E-state index contributed by atoms with van der Waals surface area (Å²) in [6.45, 7) is 1.63. The highest BCUT2D eigenvalue weighted by molar-refractivity contribution is 6.31. The Bertz CT molecular complexity index is 739. The number of hydrogen-bond acceptors (Lipinski definition) is 3. The van der Waals surface area contributed by atoms with Gasteiger partial charge >= 0.3 is 0 Å². The van der Waals surface area contributed by atoms with Crippen LogP contribution in [0.1, 0.15) is 32.1 Å². The number of benzene rings is 1. The van der Waals surface area contributed by atoms with Gasteiger partial charge in [-0.1, -0.05) is 11.6 Å². The van der Waals surface area contributed by atoms with E-state index in [-0.39, 0.29) is 18.1 Å². The summed E-state index contributed by atoms with van der Waals surface area (Å²) in [5.74, 6) is 0.620. The van der Waals surface area contributed by atoms with Gasteiger partial charge in [0, 0.05) is 24.2 Å². The van der Waals surface area contributed by atoms with E-state index in [0.29, 0.717) is 12.5 Å². The van der Waals surface area contributed by atoms with Crippen molar-refractivity contribution >= 4 is 28.5 Å². The molecule has 4 rings (SSSR count). The number of aromatic nitrogens is 2. The van der Waals surface area contributed by atoms with Gasteiger partial charge < -0.3 is 14.6 Å². The van der Waals surface area contributed by atoms with Crippen LogP contribution < -0.4 is 5.32 Å². The predicted octanol–water partition coefficient (Wildman–Crippen LogP) is 3.15. The fourth-order valence-corrected chi connectivity index (χ4v) is 4.07. The van der Waals surface area contributed by atoms with Crippen LogP contribution in [-0.2, 0) is 16.1 Å². The third-order valence-electron chi connectivity index (χ3n) is 5.15. The summed E-state index contributed by atoms with van der Waals surface area (Å²) >= 11 is 6.11. The highest BCUT2D eigenvalue weighted by Gasteiger charge is 2.30. The molecule has 1 N–H and O–H groups in total. The van der Waals surface area contributed by atoms with Crippen LogP contribution in [0.2, 0.25) is 5.02 Å². The molecule has 0 spiro atoms. The van der Waals surface area contributed by atoms with Gasteiger partial charge in [0.1, 0.15) is 6.10 Å². The van der Waals surface area contributed by atoms with Crippen molar-refractivity contribution in [3.63, 3.8) is 0 Å². The third kappa shape index (κ3) is 3.28. The Labute approximate surface area is 146 Å². The number of hydrogen-bond donors (Lipinski definition) is 1. The van der Waals surface area contributed by atoms with E-state index >= 15 is 0 Å². The first kappa shape index (κ1) is 15.9. The molecule has 1 saturated carbocycles. The normalized spacial score (nSPS) is 27.0. The molecule has 24 heavy (non-hydrogen) atoms. The average molecular weight is 348 g/mol. The minimum atomic E-state index is -0.233. The number of imidazole rings is 1. The van der Waals surface area contributed by atoms with Gasteiger partial charge in [-0.15, -0.1) is 0 Å². The highest BCUT2D eigenvalue weighted by atomic mass is 35.5. The lowest BCUT2D eigenvalue weighted by atomic mass is 10.1. The smallest absolute Gasteiger partial charge is 0.249 e. The van der Waals surface area contributed by atoms with E-state index < -0.39 is 0 Å². The Morgan fingerprint density at radius 1 is 1.38 bits per heavy atom. The molecule has 0 unspecified atom stereocenters. The summed E-state index contributed by atoms with van der Waals surface area (Å²) in [6, 6.07) is 6.06. The number of nitrogens with zero attached hydrogens (tertiary/aromatic N) is 2. The minimum Gasteiger partial charge on any atom is -0.368 e. The number of rotatable bonds is 4. The molecule has 2 aromatic rings. The summed E-state index contributed by atoms with van der Waals surface area (Å²) < 4.78 is 7.64. The first-order chi connectivity index (χ1) is 11.7. The molecule has 0 radical (unpaired) electrons. The largest absolute Gasteiger partial charge is 0.368 e. The molecule has 2 fully saturated rings. The zero-order valence-corrected chi connectivity index (χ0v) is 14.3. The second-order valence-electron chi connectivity index (χ2n) is 6.92. The van der Waals surface area contributed by atoms with Gasteiger partial charge in [0.2, 0.25) is 5.91 Å². The van der Waals surface area contributed by atoms with Crippen molar-refractivity contribution in [3.05, 3.63) is 29.5 Å². The van der Waals surface area contributed by atoms with Crippen molar-refractivity contribution in [2.45, 2.75) is 50.8 Å². The average Bonchev–Trinajstić information content (AvgIpc) is 3.30. The van der Waals surface area contributed by atoms with Crippen LogP contribution >= 0.6 is 11.6 Å². The Balaban J connectivity index is 1.36. The SMILES string of the molecule is O=C(N[C@H]1CC[C@@H](Cn2cnc3ccc(Cl)cc32)C1)[C@@H]1CCCO1. The number of ether oxygens (including phenoxy) is 1. The minimum absolute atomic E-state index is 0.0676. The van der Waals surface area contributed by atoms with E-state index in [9.17, 15) is 4.79 Å². The molecule has 1 aromatic carbocycles. The third-order valence-corrected chi connectivity index (χ3v) is 5.38. The van der Waals surface area contributed by atoms with E-state index in [2.05, 4.69) is 14.9 Å². The van der Waals surface area contributed by atoms with E-state index in [4.69, 9.17) is 16.3 Å². The van der Waals surface area contributed by atoms with Crippen LogP contribution in [0.4, 0.5) is 0 Å². The quantitative estimate of drug-likeness (QED) is 0.924. The predicted molar refractivity (Wildman–Crippen MR) is 93.0 cm³/mol. The Morgan fingerprint density at radius 2 is 2.29 bits per heavy atom. The second-order valence-corrected chi connectivity index (χ2v) is 7.35. The van der Waals surface area contributed by atoms with E-state index in [0.717, 1.165) is 54.7 Å². The fourth-order valence-electron chi connectivity index (χ4n) is 3.90. The maximum absolute atomic E-state index is 12.2. The molecule has 2 heterocycles. The number of halogens is 1. The van der Waals surface area contributed by atoms with Gasteiger partial charge in [-0.25, -0.2) is 4.98 Å². The van der Waals surface area contributed by atoms with E-state index in [1.54, 1.807) is 0 Å². The summed E-state index contributed by atoms with van der Waals surface area (Å²) in [7, 11) is 0. The molecule has 1 aliphatic carbocycles. The molecule has 128 valence electrons. The molecule has 1 amide bonds. The molecule has 1 aromatic heterocycles. The van der Waals surface area contributed by atoms with Gasteiger partial charge in [-0.2, -0.15) is 0 Å². The maximum Gasteiger partial charge on any atom is 0.249 e. The Hall–Kier alpha value is -1.59. The lowest BCUT2D eigenvalue weighted by molar-refractivity contribution is -0.130. The summed E-state index contributed by atoms with van der Waals surface area (Å²) in [6.07, 6.45) is 6.67. The van der Waals surface area contributed by atoms with Crippen molar-refractivity contribution in [2.24, 2.45) is 5.92 Å². The first-order valence-electron chi connectivity index (χ1n) is 8.71. The lowest BCUT2D eigenvalue weighted by Crippen LogP contribution is -2.40. The van der Waals surface area contributed by atoms with Crippen molar-refractivity contribution < 1.29 is 9.53 Å². The highest BCUT2D eigenvalue weighted by Crippen LogP contribution is 2.29. The molecular formula is C18H22ClN3O2. The van der Waals surface area contributed by atoms with Crippen LogP contribution in [0.15, 0.2) is 24.5 Å². The lowest BCUT2D eigenvalue weighted by Gasteiger charge is -2.16.